The smallest absolute Gasteiger partial charge is 0.341 e. The quantitative estimate of drug-likeness (QED) is 0.507. The predicted octanol–water partition coefficient (Wildman–Crippen LogP) is 5.70. The lowest BCUT2D eigenvalue weighted by atomic mass is 9.96. The number of ether oxygens (including phenoxy) is 1. The first-order chi connectivity index (χ1) is 13.1. The SMILES string of the molecule is CCOC(=O)c1c(NC(=S)Nc2ccccc2C)sc2c1CCCCCC2. The zero-order valence-corrected chi connectivity index (χ0v) is 17.5. The molecule has 0 spiro atoms. The van der Waals surface area contributed by atoms with Crippen molar-refractivity contribution >= 4 is 45.3 Å². The molecule has 0 amide bonds. The van der Waals surface area contributed by atoms with Crippen molar-refractivity contribution in [3.8, 4) is 0 Å². The molecule has 1 aliphatic carbocycles. The highest BCUT2D eigenvalue weighted by molar-refractivity contribution is 7.80. The summed E-state index contributed by atoms with van der Waals surface area (Å²) in [5.41, 5.74) is 3.90. The van der Waals surface area contributed by atoms with Gasteiger partial charge in [-0.2, -0.15) is 0 Å². The minimum absolute atomic E-state index is 0.253. The molecule has 0 saturated carbocycles. The van der Waals surface area contributed by atoms with E-state index in [0.29, 0.717) is 17.3 Å². The predicted molar refractivity (Wildman–Crippen MR) is 117 cm³/mol. The van der Waals surface area contributed by atoms with Gasteiger partial charge in [0.25, 0.3) is 0 Å². The van der Waals surface area contributed by atoms with Gasteiger partial charge >= 0.3 is 5.97 Å². The Morgan fingerprint density at radius 1 is 1.15 bits per heavy atom. The highest BCUT2D eigenvalue weighted by atomic mass is 32.1. The van der Waals surface area contributed by atoms with Crippen LogP contribution in [0.15, 0.2) is 24.3 Å². The molecule has 2 aromatic rings. The average molecular weight is 403 g/mol. The van der Waals surface area contributed by atoms with Crippen molar-refractivity contribution in [1.82, 2.24) is 0 Å². The average Bonchev–Trinajstić information content (AvgIpc) is 2.93. The third-order valence-corrected chi connectivity index (χ3v) is 6.18. The lowest BCUT2D eigenvalue weighted by molar-refractivity contribution is 0.0526. The highest BCUT2D eigenvalue weighted by Crippen LogP contribution is 2.37. The van der Waals surface area contributed by atoms with Gasteiger partial charge in [0, 0.05) is 10.6 Å². The Morgan fingerprint density at radius 3 is 2.63 bits per heavy atom. The first kappa shape index (κ1) is 19.8. The van der Waals surface area contributed by atoms with Crippen LogP contribution in [0.3, 0.4) is 0 Å². The van der Waals surface area contributed by atoms with Gasteiger partial charge < -0.3 is 15.4 Å². The van der Waals surface area contributed by atoms with E-state index in [0.717, 1.165) is 41.1 Å². The largest absolute Gasteiger partial charge is 0.462 e. The second-order valence-corrected chi connectivity index (χ2v) is 8.25. The van der Waals surface area contributed by atoms with Crippen molar-refractivity contribution in [2.45, 2.75) is 52.4 Å². The summed E-state index contributed by atoms with van der Waals surface area (Å²) in [5.74, 6) is -0.253. The van der Waals surface area contributed by atoms with E-state index < -0.39 is 0 Å². The van der Waals surface area contributed by atoms with Crippen molar-refractivity contribution < 1.29 is 9.53 Å². The number of hydrogen-bond acceptors (Lipinski definition) is 4. The van der Waals surface area contributed by atoms with Crippen LogP contribution in [-0.4, -0.2) is 17.7 Å². The summed E-state index contributed by atoms with van der Waals surface area (Å²) in [7, 11) is 0. The molecule has 0 fully saturated rings. The van der Waals surface area contributed by atoms with Crippen LogP contribution >= 0.6 is 23.6 Å². The topological polar surface area (TPSA) is 50.4 Å². The van der Waals surface area contributed by atoms with Crippen molar-refractivity contribution in [3.05, 3.63) is 45.8 Å². The highest BCUT2D eigenvalue weighted by Gasteiger charge is 2.25. The van der Waals surface area contributed by atoms with E-state index in [4.69, 9.17) is 17.0 Å². The van der Waals surface area contributed by atoms with Gasteiger partial charge in [0.15, 0.2) is 5.11 Å². The van der Waals surface area contributed by atoms with Crippen molar-refractivity contribution in [1.29, 1.82) is 0 Å². The molecule has 1 heterocycles. The number of thiophene rings is 1. The monoisotopic (exact) mass is 402 g/mol. The molecule has 6 heteroatoms. The fourth-order valence-corrected chi connectivity index (χ4v) is 4.95. The zero-order valence-electron chi connectivity index (χ0n) is 15.9. The molecule has 0 bridgehead atoms. The lowest BCUT2D eigenvalue weighted by Gasteiger charge is -2.13. The van der Waals surface area contributed by atoms with Crippen LogP contribution in [0.4, 0.5) is 10.7 Å². The zero-order chi connectivity index (χ0) is 19.2. The Bertz CT molecular complexity index is 830. The number of rotatable bonds is 4. The molecule has 0 saturated heterocycles. The normalized spacial score (nSPS) is 13.9. The van der Waals surface area contributed by atoms with Crippen LogP contribution in [0, 0.1) is 6.92 Å². The first-order valence-corrected chi connectivity index (χ1v) is 10.8. The Labute approximate surface area is 170 Å². The van der Waals surface area contributed by atoms with E-state index in [1.54, 1.807) is 11.3 Å². The summed E-state index contributed by atoms with van der Waals surface area (Å²) in [6.07, 6.45) is 6.70. The van der Waals surface area contributed by atoms with E-state index in [1.807, 2.05) is 38.1 Å². The fourth-order valence-electron chi connectivity index (χ4n) is 3.40. The maximum Gasteiger partial charge on any atom is 0.341 e. The standard InChI is InChI=1S/C21H26N2O2S2/c1-3-25-20(24)18-15-11-6-4-5-7-13-17(15)27-19(18)23-21(26)22-16-12-9-8-10-14(16)2/h8-10,12H,3-7,11,13H2,1-2H3,(H2,22,23,26). The molecular formula is C21H26N2O2S2. The van der Waals surface area contributed by atoms with Gasteiger partial charge in [-0.05, 0) is 68.9 Å². The van der Waals surface area contributed by atoms with Crippen molar-refractivity contribution in [3.63, 3.8) is 0 Å². The Hall–Kier alpha value is -1.92. The summed E-state index contributed by atoms with van der Waals surface area (Å²) < 4.78 is 5.35. The van der Waals surface area contributed by atoms with Crippen LogP contribution in [0.5, 0.6) is 0 Å². The summed E-state index contributed by atoms with van der Waals surface area (Å²) in [5, 5.41) is 7.79. The molecule has 2 N–H and O–H groups in total. The van der Waals surface area contributed by atoms with Gasteiger partial charge in [0.1, 0.15) is 5.00 Å². The molecule has 1 aliphatic rings. The summed E-state index contributed by atoms with van der Waals surface area (Å²) in [4.78, 5) is 14.0. The summed E-state index contributed by atoms with van der Waals surface area (Å²) in [6, 6.07) is 7.99. The number of aryl methyl sites for hydroxylation is 2. The molecule has 1 aromatic heterocycles. The molecule has 0 radical (unpaired) electrons. The number of thiocarbonyl (C=S) groups is 1. The molecule has 0 atom stereocenters. The Morgan fingerprint density at radius 2 is 1.89 bits per heavy atom. The first-order valence-electron chi connectivity index (χ1n) is 9.55. The number of carbonyl (C=O) groups excluding carboxylic acids is 1. The van der Waals surface area contributed by atoms with Crippen LogP contribution in [0.25, 0.3) is 0 Å². The number of carbonyl (C=O) groups is 1. The van der Waals surface area contributed by atoms with E-state index in [-0.39, 0.29) is 5.97 Å². The Balaban J connectivity index is 1.87. The van der Waals surface area contributed by atoms with Crippen molar-refractivity contribution in [2.75, 3.05) is 17.2 Å². The maximum absolute atomic E-state index is 12.7. The third kappa shape index (κ3) is 4.87. The maximum atomic E-state index is 12.7. The van der Waals surface area contributed by atoms with Gasteiger partial charge in [-0.1, -0.05) is 31.0 Å². The Kier molecular flexibility index (Phi) is 6.85. The number of para-hydroxylation sites is 1. The minimum Gasteiger partial charge on any atom is -0.462 e. The molecule has 4 nitrogen and oxygen atoms in total. The second kappa shape index (κ2) is 9.33. The van der Waals surface area contributed by atoms with Gasteiger partial charge in [0.2, 0.25) is 0 Å². The van der Waals surface area contributed by atoms with Crippen LogP contribution in [-0.2, 0) is 17.6 Å². The second-order valence-electron chi connectivity index (χ2n) is 6.74. The van der Waals surface area contributed by atoms with E-state index in [1.165, 1.54) is 24.1 Å². The van der Waals surface area contributed by atoms with Crippen LogP contribution in [0.1, 0.15) is 59.0 Å². The number of hydrogen-bond donors (Lipinski definition) is 2. The number of nitrogens with one attached hydrogen (secondary N) is 2. The van der Waals surface area contributed by atoms with E-state index in [9.17, 15) is 4.79 Å². The molecule has 3 rings (SSSR count). The number of benzene rings is 1. The van der Waals surface area contributed by atoms with Gasteiger partial charge in [-0.25, -0.2) is 4.79 Å². The fraction of sp³-hybridized carbons (Fsp3) is 0.429. The van der Waals surface area contributed by atoms with E-state index in [2.05, 4.69) is 10.6 Å². The summed E-state index contributed by atoms with van der Waals surface area (Å²) in [6.45, 7) is 4.24. The number of fused-ring (bicyclic) bond motifs is 1. The molecule has 0 unspecified atom stereocenters. The number of esters is 1. The third-order valence-electron chi connectivity index (χ3n) is 4.77. The van der Waals surface area contributed by atoms with Crippen LogP contribution in [0.2, 0.25) is 0 Å². The lowest BCUT2D eigenvalue weighted by Crippen LogP contribution is -2.21. The van der Waals surface area contributed by atoms with Gasteiger partial charge in [0.05, 0.1) is 12.2 Å². The molecule has 27 heavy (non-hydrogen) atoms. The van der Waals surface area contributed by atoms with Gasteiger partial charge in [-0.15, -0.1) is 11.3 Å². The van der Waals surface area contributed by atoms with Crippen LogP contribution < -0.4 is 10.6 Å². The molecule has 0 aliphatic heterocycles. The molecule has 1 aromatic carbocycles. The van der Waals surface area contributed by atoms with E-state index >= 15 is 0 Å². The minimum atomic E-state index is -0.253. The molecular weight excluding hydrogens is 376 g/mol. The summed E-state index contributed by atoms with van der Waals surface area (Å²) >= 11 is 7.16. The molecule has 144 valence electrons. The van der Waals surface area contributed by atoms with Gasteiger partial charge in [-0.3, -0.25) is 0 Å². The van der Waals surface area contributed by atoms with Crippen molar-refractivity contribution in [2.24, 2.45) is 0 Å². The number of anilines is 2.